The van der Waals surface area contributed by atoms with Gasteiger partial charge in [0.1, 0.15) is 11.1 Å². The van der Waals surface area contributed by atoms with E-state index in [-0.39, 0.29) is 22.5 Å². The molecular weight excluding hydrogens is 420 g/mol. The molecule has 0 aliphatic rings. The van der Waals surface area contributed by atoms with Crippen LogP contribution in [0.1, 0.15) is 34.7 Å². The van der Waals surface area contributed by atoms with E-state index in [2.05, 4.69) is 26.4 Å². The minimum atomic E-state index is -0.676. The van der Waals surface area contributed by atoms with Gasteiger partial charge in [0.15, 0.2) is 17.3 Å². The van der Waals surface area contributed by atoms with Crippen LogP contribution in [0.15, 0.2) is 65.8 Å². The zero-order valence-corrected chi connectivity index (χ0v) is 17.5. The second kappa shape index (κ2) is 7.65. The second-order valence-corrected chi connectivity index (χ2v) is 7.34. The van der Waals surface area contributed by atoms with E-state index in [0.717, 1.165) is 0 Å². The Morgan fingerprint density at radius 3 is 2.67 bits per heavy atom. The number of para-hydroxylation sites is 1. The summed E-state index contributed by atoms with van der Waals surface area (Å²) >= 11 is 0. The van der Waals surface area contributed by atoms with E-state index < -0.39 is 11.9 Å². The van der Waals surface area contributed by atoms with Gasteiger partial charge >= 0.3 is 0 Å². The van der Waals surface area contributed by atoms with Gasteiger partial charge in [-0.2, -0.15) is 5.10 Å². The van der Waals surface area contributed by atoms with E-state index in [1.807, 2.05) is 18.2 Å². The molecule has 4 heterocycles. The average molecular weight is 438 g/mol. The largest absolute Gasteiger partial charge is 0.381 e. The van der Waals surface area contributed by atoms with Crippen LogP contribution < -0.4 is 16.6 Å². The summed E-state index contributed by atoms with van der Waals surface area (Å²) in [7, 11) is 0. The minimum Gasteiger partial charge on any atom is -0.381 e. The first-order chi connectivity index (χ1) is 16.0. The van der Waals surface area contributed by atoms with Crippen molar-refractivity contribution >= 4 is 22.9 Å². The molecule has 10 nitrogen and oxygen atoms in total. The fourth-order valence-corrected chi connectivity index (χ4v) is 3.76. The summed E-state index contributed by atoms with van der Waals surface area (Å²) in [5.41, 5.74) is 7.41. The Kier molecular flexibility index (Phi) is 4.64. The van der Waals surface area contributed by atoms with E-state index in [1.165, 1.54) is 13.6 Å². The lowest BCUT2D eigenvalue weighted by Gasteiger charge is -2.19. The zero-order valence-electron chi connectivity index (χ0n) is 17.5. The van der Waals surface area contributed by atoms with Crippen molar-refractivity contribution in [2.24, 2.45) is 0 Å². The summed E-state index contributed by atoms with van der Waals surface area (Å²) in [4.78, 5) is 30.8. The number of nitrogen functional groups attached to an aromatic ring is 1. The van der Waals surface area contributed by atoms with Gasteiger partial charge in [0.25, 0.3) is 11.5 Å². The molecule has 1 atom stereocenters. The van der Waals surface area contributed by atoms with Crippen LogP contribution in [0.5, 0.6) is 0 Å². The van der Waals surface area contributed by atoms with Crippen LogP contribution in [0.2, 0.25) is 0 Å². The smallest absolute Gasteiger partial charge is 0.283 e. The van der Waals surface area contributed by atoms with Gasteiger partial charge in [0, 0.05) is 18.6 Å². The Labute approximate surface area is 187 Å². The second-order valence-electron chi connectivity index (χ2n) is 7.34. The molecule has 0 bridgehead atoms. The van der Waals surface area contributed by atoms with E-state index in [0.29, 0.717) is 22.7 Å². The van der Waals surface area contributed by atoms with Crippen molar-refractivity contribution in [3.63, 3.8) is 0 Å². The highest BCUT2D eigenvalue weighted by Crippen LogP contribution is 2.20. The number of hydrogen-bond acceptors (Lipinski definition) is 6. The third kappa shape index (κ3) is 3.19. The Morgan fingerprint density at radius 1 is 1.12 bits per heavy atom. The van der Waals surface area contributed by atoms with E-state index in [4.69, 9.17) is 12.2 Å². The maximum absolute atomic E-state index is 13.5. The molecule has 3 N–H and O–H groups in total. The van der Waals surface area contributed by atoms with E-state index in [9.17, 15) is 9.59 Å². The molecule has 0 aliphatic heterocycles. The number of fused-ring (bicyclic) bond motifs is 2. The van der Waals surface area contributed by atoms with E-state index in [1.54, 1.807) is 49.8 Å². The van der Waals surface area contributed by atoms with Gasteiger partial charge in [0.2, 0.25) is 0 Å². The molecule has 0 saturated carbocycles. The van der Waals surface area contributed by atoms with Crippen molar-refractivity contribution in [2.75, 3.05) is 5.73 Å². The number of nitrogens with zero attached hydrogens (tertiary/aromatic N) is 6. The number of aromatic nitrogens is 6. The SMILES string of the molecule is C#Cc1ccn2nc([C@@H](C)NC(=O)c3c(N)nn4cccnc34)n(-c3ccccc3)c(=O)c12. The fourth-order valence-electron chi connectivity index (χ4n) is 3.76. The van der Waals surface area contributed by atoms with Crippen molar-refractivity contribution < 1.29 is 4.79 Å². The number of hydrogen-bond donors (Lipinski definition) is 2. The van der Waals surface area contributed by atoms with Crippen molar-refractivity contribution in [2.45, 2.75) is 13.0 Å². The number of anilines is 1. The predicted octanol–water partition coefficient (Wildman–Crippen LogP) is 1.58. The van der Waals surface area contributed by atoms with E-state index >= 15 is 0 Å². The Bertz CT molecular complexity index is 1620. The lowest BCUT2D eigenvalue weighted by Crippen LogP contribution is -2.34. The molecule has 0 saturated heterocycles. The highest BCUT2D eigenvalue weighted by atomic mass is 16.2. The minimum absolute atomic E-state index is 0.0475. The summed E-state index contributed by atoms with van der Waals surface area (Å²) in [6.07, 6.45) is 10.4. The van der Waals surface area contributed by atoms with Gasteiger partial charge in [-0.15, -0.1) is 11.5 Å². The van der Waals surface area contributed by atoms with Crippen molar-refractivity contribution in [3.8, 4) is 18.0 Å². The first kappa shape index (κ1) is 20.0. The topological polar surface area (TPSA) is 125 Å². The number of rotatable bonds is 4. The monoisotopic (exact) mass is 438 g/mol. The number of carbonyl (C=O) groups is 1. The highest BCUT2D eigenvalue weighted by Gasteiger charge is 2.25. The number of amides is 1. The molecule has 0 radical (unpaired) electrons. The van der Waals surface area contributed by atoms with Gasteiger partial charge in [-0.3, -0.25) is 14.2 Å². The molecule has 33 heavy (non-hydrogen) atoms. The Hall–Kier alpha value is -4.91. The molecule has 1 aromatic carbocycles. The lowest BCUT2D eigenvalue weighted by molar-refractivity contribution is 0.0940. The number of nitrogens with one attached hydrogen (secondary N) is 1. The number of nitrogens with two attached hydrogens (primary N) is 1. The van der Waals surface area contributed by atoms with Gasteiger partial charge in [-0.05, 0) is 31.2 Å². The van der Waals surface area contributed by atoms with Crippen molar-refractivity contribution in [3.05, 3.63) is 88.4 Å². The van der Waals surface area contributed by atoms with Crippen LogP contribution in [0.4, 0.5) is 5.82 Å². The van der Waals surface area contributed by atoms with Crippen molar-refractivity contribution in [1.82, 2.24) is 34.1 Å². The Balaban J connectivity index is 1.63. The van der Waals surface area contributed by atoms with Gasteiger partial charge in [-0.1, -0.05) is 24.1 Å². The van der Waals surface area contributed by atoms with Crippen LogP contribution in [-0.2, 0) is 0 Å². The highest BCUT2D eigenvalue weighted by molar-refractivity contribution is 6.04. The standard InChI is InChI=1S/C23H18N8O2/c1-3-15-10-13-29-18(15)23(33)31(16-8-5-4-6-9-16)20(28-29)14(2)26-22(32)17-19(24)27-30-12-7-11-25-21(17)30/h1,4-14H,2H3,(H2,24,27)(H,26,32)/t14-/m1/s1. The third-order valence-electron chi connectivity index (χ3n) is 5.27. The van der Waals surface area contributed by atoms with Crippen LogP contribution >= 0.6 is 0 Å². The predicted molar refractivity (Wildman–Crippen MR) is 122 cm³/mol. The third-order valence-corrected chi connectivity index (χ3v) is 5.27. The Morgan fingerprint density at radius 2 is 1.91 bits per heavy atom. The molecular formula is C23H18N8O2. The molecule has 5 rings (SSSR count). The molecule has 4 aromatic heterocycles. The van der Waals surface area contributed by atoms with Gasteiger partial charge in [-0.25, -0.2) is 14.0 Å². The molecule has 5 aromatic rings. The van der Waals surface area contributed by atoms with Gasteiger partial charge < -0.3 is 11.1 Å². The molecule has 10 heteroatoms. The molecule has 1 amide bonds. The van der Waals surface area contributed by atoms with Gasteiger partial charge in [0.05, 0.1) is 17.3 Å². The van der Waals surface area contributed by atoms with Crippen LogP contribution in [0, 0.1) is 12.3 Å². The van der Waals surface area contributed by atoms with Crippen LogP contribution in [0.3, 0.4) is 0 Å². The summed E-state index contributed by atoms with van der Waals surface area (Å²) in [6, 6.07) is 11.7. The zero-order chi connectivity index (χ0) is 23.1. The first-order valence-corrected chi connectivity index (χ1v) is 10.1. The quantitative estimate of drug-likeness (QED) is 0.411. The fraction of sp³-hybridized carbons (Fsp3) is 0.0870. The average Bonchev–Trinajstić information content (AvgIpc) is 3.39. The lowest BCUT2D eigenvalue weighted by atomic mass is 10.2. The van der Waals surface area contributed by atoms with Crippen LogP contribution in [0.25, 0.3) is 16.9 Å². The molecule has 0 aliphatic carbocycles. The summed E-state index contributed by atoms with van der Waals surface area (Å²) < 4.78 is 4.30. The number of terminal acetylenes is 1. The molecule has 0 unspecified atom stereocenters. The first-order valence-electron chi connectivity index (χ1n) is 10.1. The molecule has 0 spiro atoms. The maximum atomic E-state index is 13.5. The normalized spacial score (nSPS) is 12.0. The summed E-state index contributed by atoms with van der Waals surface area (Å²) in [5.74, 6) is 2.39. The summed E-state index contributed by atoms with van der Waals surface area (Å²) in [6.45, 7) is 1.73. The number of benzene rings is 1. The molecule has 162 valence electrons. The van der Waals surface area contributed by atoms with Crippen LogP contribution in [-0.4, -0.2) is 34.7 Å². The molecule has 0 fully saturated rings. The van der Waals surface area contributed by atoms with Crippen molar-refractivity contribution in [1.29, 1.82) is 0 Å². The number of carbonyl (C=O) groups excluding carboxylic acids is 1. The maximum Gasteiger partial charge on any atom is 0.283 e. The summed E-state index contributed by atoms with van der Waals surface area (Å²) in [5, 5.41) is 11.6.